The van der Waals surface area contributed by atoms with Crippen LogP contribution in [0, 0.1) is 0 Å². The molecule has 2 aromatic carbocycles. The summed E-state index contributed by atoms with van der Waals surface area (Å²) in [6, 6.07) is 20.2. The largest absolute Gasteiger partial charge is 0.333 e. The second-order valence-corrected chi connectivity index (χ2v) is 8.99. The Hall–Kier alpha value is -3.14. The number of hydrogen-bond acceptors (Lipinski definition) is 6. The first-order valence-electron chi connectivity index (χ1n) is 9.60. The molecule has 3 amide bonds. The summed E-state index contributed by atoms with van der Waals surface area (Å²) in [4.78, 5) is 25.3. The predicted molar refractivity (Wildman–Crippen MR) is 127 cm³/mol. The van der Waals surface area contributed by atoms with Crippen molar-refractivity contribution in [3.05, 3.63) is 82.0 Å². The lowest BCUT2D eigenvalue weighted by Gasteiger charge is -2.10. The molecule has 0 unspecified atom stereocenters. The molecule has 2 N–H and O–H groups in total. The van der Waals surface area contributed by atoms with Gasteiger partial charge in [-0.2, -0.15) is 0 Å². The molecule has 7 nitrogen and oxygen atoms in total. The van der Waals surface area contributed by atoms with E-state index in [1.807, 2.05) is 64.5 Å². The van der Waals surface area contributed by atoms with Crippen LogP contribution in [-0.4, -0.2) is 32.5 Å². The van der Waals surface area contributed by atoms with Crippen molar-refractivity contribution in [2.24, 2.45) is 0 Å². The van der Waals surface area contributed by atoms with Crippen molar-refractivity contribution < 1.29 is 9.59 Å². The molecule has 0 atom stereocenters. The van der Waals surface area contributed by atoms with Crippen molar-refractivity contribution in [1.29, 1.82) is 0 Å². The van der Waals surface area contributed by atoms with E-state index in [0.717, 1.165) is 16.1 Å². The van der Waals surface area contributed by atoms with Crippen LogP contribution >= 0.6 is 34.7 Å². The van der Waals surface area contributed by atoms with Gasteiger partial charge >= 0.3 is 6.03 Å². The van der Waals surface area contributed by atoms with E-state index in [-0.39, 0.29) is 5.75 Å². The molecule has 0 fully saturated rings. The zero-order valence-electron chi connectivity index (χ0n) is 16.7. The third kappa shape index (κ3) is 5.56. The fourth-order valence-electron chi connectivity index (χ4n) is 2.88. The Morgan fingerprint density at radius 1 is 1.00 bits per heavy atom. The summed E-state index contributed by atoms with van der Waals surface area (Å²) in [6.45, 7) is 0.372. The number of thioether (sulfide) groups is 1. The molecule has 32 heavy (non-hydrogen) atoms. The Morgan fingerprint density at radius 2 is 1.78 bits per heavy atom. The van der Waals surface area contributed by atoms with Crippen LogP contribution in [-0.2, 0) is 11.3 Å². The van der Waals surface area contributed by atoms with Gasteiger partial charge in [0.25, 0.3) is 0 Å². The zero-order valence-corrected chi connectivity index (χ0v) is 19.1. The Labute approximate surface area is 197 Å². The fraction of sp³-hybridized carbons (Fsp3) is 0.0909. The Morgan fingerprint density at radius 3 is 2.50 bits per heavy atom. The SMILES string of the molecule is O=C(CSc1nnc(-c2ccc(Cl)cc2)n1-c1ccccc1)NC(=O)NCc1cccs1. The van der Waals surface area contributed by atoms with Gasteiger partial charge in [-0.15, -0.1) is 21.5 Å². The Balaban J connectivity index is 1.45. The number of thiophene rings is 1. The van der Waals surface area contributed by atoms with Gasteiger partial charge in [0.2, 0.25) is 5.91 Å². The van der Waals surface area contributed by atoms with E-state index in [2.05, 4.69) is 20.8 Å². The van der Waals surface area contributed by atoms with Crippen LogP contribution in [0.15, 0.2) is 77.3 Å². The van der Waals surface area contributed by atoms with Crippen molar-refractivity contribution in [2.45, 2.75) is 11.7 Å². The number of aromatic nitrogens is 3. The first-order chi connectivity index (χ1) is 15.6. The summed E-state index contributed by atoms with van der Waals surface area (Å²) in [5.41, 5.74) is 1.70. The van der Waals surface area contributed by atoms with Crippen LogP contribution in [0.1, 0.15) is 4.88 Å². The maximum atomic E-state index is 12.3. The predicted octanol–water partition coefficient (Wildman–Crippen LogP) is 4.77. The fourth-order valence-corrected chi connectivity index (χ4v) is 4.40. The van der Waals surface area contributed by atoms with Gasteiger partial charge in [-0.3, -0.25) is 14.7 Å². The molecule has 0 aliphatic rings. The van der Waals surface area contributed by atoms with Gasteiger partial charge in [0, 0.05) is 21.2 Å². The average molecular weight is 484 g/mol. The lowest BCUT2D eigenvalue weighted by Crippen LogP contribution is -2.39. The summed E-state index contributed by atoms with van der Waals surface area (Å²) in [6.07, 6.45) is 0. The van der Waals surface area contributed by atoms with Crippen LogP contribution in [0.25, 0.3) is 17.1 Å². The van der Waals surface area contributed by atoms with Crippen LogP contribution in [0.5, 0.6) is 0 Å². The van der Waals surface area contributed by atoms with Gasteiger partial charge in [0.05, 0.1) is 12.3 Å². The number of hydrogen-bond donors (Lipinski definition) is 2. The van der Waals surface area contributed by atoms with Crippen LogP contribution in [0.2, 0.25) is 5.02 Å². The first kappa shape index (κ1) is 22.1. The maximum absolute atomic E-state index is 12.3. The number of benzene rings is 2. The average Bonchev–Trinajstić information content (AvgIpc) is 3.47. The van der Waals surface area contributed by atoms with Crippen LogP contribution in [0.4, 0.5) is 4.79 Å². The Kier molecular flexibility index (Phi) is 7.21. The molecule has 0 aliphatic carbocycles. The number of urea groups is 1. The van der Waals surface area contributed by atoms with E-state index in [1.54, 1.807) is 12.1 Å². The quantitative estimate of drug-likeness (QED) is 0.370. The molecule has 0 saturated heterocycles. The van der Waals surface area contributed by atoms with E-state index in [9.17, 15) is 9.59 Å². The molecule has 2 aromatic heterocycles. The molecule has 162 valence electrons. The van der Waals surface area contributed by atoms with Crippen molar-refractivity contribution >= 4 is 46.6 Å². The zero-order chi connectivity index (χ0) is 22.3. The molecular formula is C22H18ClN5O2S2. The number of carbonyl (C=O) groups excluding carboxylic acids is 2. The van der Waals surface area contributed by atoms with Crippen molar-refractivity contribution in [2.75, 3.05) is 5.75 Å². The highest BCUT2D eigenvalue weighted by Crippen LogP contribution is 2.28. The molecule has 0 spiro atoms. The van der Waals surface area contributed by atoms with Gasteiger partial charge in [-0.05, 0) is 47.8 Å². The van der Waals surface area contributed by atoms with Crippen molar-refractivity contribution in [1.82, 2.24) is 25.4 Å². The van der Waals surface area contributed by atoms with Gasteiger partial charge in [0.15, 0.2) is 11.0 Å². The highest BCUT2D eigenvalue weighted by atomic mass is 35.5. The number of imide groups is 1. The third-order valence-electron chi connectivity index (χ3n) is 4.34. The number of carbonyl (C=O) groups is 2. The van der Waals surface area contributed by atoms with Gasteiger partial charge < -0.3 is 5.32 Å². The number of nitrogens with one attached hydrogen (secondary N) is 2. The molecule has 4 rings (SSSR count). The maximum Gasteiger partial charge on any atom is 0.321 e. The summed E-state index contributed by atoms with van der Waals surface area (Å²) >= 11 is 8.75. The van der Waals surface area contributed by atoms with E-state index in [0.29, 0.717) is 22.5 Å². The number of rotatable bonds is 7. The Bertz CT molecular complexity index is 1200. The van der Waals surface area contributed by atoms with E-state index < -0.39 is 11.9 Å². The standard InChI is InChI=1S/C22H18ClN5O2S2/c23-16-10-8-15(9-11-16)20-26-27-22(28(20)17-5-2-1-3-6-17)32-14-19(29)25-21(30)24-13-18-7-4-12-31-18/h1-12H,13-14H2,(H2,24,25,29,30). The minimum atomic E-state index is -0.532. The normalized spacial score (nSPS) is 10.7. The van der Waals surface area contributed by atoms with Crippen LogP contribution < -0.4 is 10.6 Å². The van der Waals surface area contributed by atoms with E-state index in [1.165, 1.54) is 23.1 Å². The second kappa shape index (κ2) is 10.4. The number of halogens is 1. The van der Waals surface area contributed by atoms with Gasteiger partial charge in [0.1, 0.15) is 0 Å². The van der Waals surface area contributed by atoms with Crippen molar-refractivity contribution in [3.8, 4) is 17.1 Å². The minimum Gasteiger partial charge on any atom is -0.333 e. The molecule has 0 bridgehead atoms. The molecule has 10 heteroatoms. The number of amides is 3. The second-order valence-electron chi connectivity index (χ2n) is 6.58. The number of nitrogens with zero attached hydrogens (tertiary/aromatic N) is 3. The summed E-state index contributed by atoms with van der Waals surface area (Å²) in [5.74, 6) is 0.219. The summed E-state index contributed by atoms with van der Waals surface area (Å²) < 4.78 is 1.87. The van der Waals surface area contributed by atoms with Crippen molar-refractivity contribution in [3.63, 3.8) is 0 Å². The van der Waals surface area contributed by atoms with Gasteiger partial charge in [-0.1, -0.05) is 47.6 Å². The smallest absolute Gasteiger partial charge is 0.321 e. The molecule has 2 heterocycles. The van der Waals surface area contributed by atoms with E-state index >= 15 is 0 Å². The lowest BCUT2D eigenvalue weighted by atomic mass is 10.2. The molecular weight excluding hydrogens is 466 g/mol. The third-order valence-corrected chi connectivity index (χ3v) is 6.40. The monoisotopic (exact) mass is 483 g/mol. The van der Waals surface area contributed by atoms with E-state index in [4.69, 9.17) is 11.6 Å². The molecule has 0 radical (unpaired) electrons. The van der Waals surface area contributed by atoms with Crippen LogP contribution in [0.3, 0.4) is 0 Å². The number of para-hydroxylation sites is 1. The topological polar surface area (TPSA) is 88.9 Å². The lowest BCUT2D eigenvalue weighted by molar-refractivity contribution is -0.117. The molecule has 4 aromatic rings. The summed E-state index contributed by atoms with van der Waals surface area (Å²) in [7, 11) is 0. The van der Waals surface area contributed by atoms with Gasteiger partial charge in [-0.25, -0.2) is 4.79 Å². The highest BCUT2D eigenvalue weighted by Gasteiger charge is 2.18. The minimum absolute atomic E-state index is 0.0119. The molecule has 0 aliphatic heterocycles. The first-order valence-corrected chi connectivity index (χ1v) is 11.8. The molecule has 0 saturated carbocycles. The highest BCUT2D eigenvalue weighted by molar-refractivity contribution is 7.99. The summed E-state index contributed by atoms with van der Waals surface area (Å²) in [5, 5.41) is 16.7.